The number of hydrogen-bond acceptors (Lipinski definition) is 3. The van der Waals surface area contributed by atoms with Crippen molar-refractivity contribution in [2.24, 2.45) is 7.05 Å². The van der Waals surface area contributed by atoms with E-state index in [0.717, 1.165) is 11.4 Å². The van der Waals surface area contributed by atoms with Crippen LogP contribution in [0.4, 0.5) is 0 Å². The Balaban J connectivity index is 0.000000810. The lowest BCUT2D eigenvalue weighted by molar-refractivity contribution is 0.703. The van der Waals surface area contributed by atoms with Crippen LogP contribution in [-0.2, 0) is 13.5 Å². The van der Waals surface area contributed by atoms with Gasteiger partial charge in [-0.25, -0.2) is 4.68 Å². The van der Waals surface area contributed by atoms with E-state index in [2.05, 4.69) is 5.10 Å². The highest BCUT2D eigenvalue weighted by molar-refractivity contribution is 14.0. The molecule has 0 unspecified atom stereocenters. The van der Waals surface area contributed by atoms with Crippen molar-refractivity contribution in [2.45, 2.75) is 13.3 Å². The van der Waals surface area contributed by atoms with E-state index in [0.29, 0.717) is 4.80 Å². The maximum Gasteiger partial charge on any atom is 0.199 e. The van der Waals surface area contributed by atoms with Crippen LogP contribution in [0.1, 0.15) is 11.9 Å². The second kappa shape index (κ2) is 4.07. The number of hydrogen-bond donors (Lipinski definition) is 1. The molecule has 0 spiro atoms. The van der Waals surface area contributed by atoms with Crippen molar-refractivity contribution in [1.82, 2.24) is 9.78 Å². The van der Waals surface area contributed by atoms with Crippen LogP contribution in [0.25, 0.3) is 0 Å². The summed E-state index contributed by atoms with van der Waals surface area (Å²) in [6.07, 6.45) is 0.928. The molecule has 0 aliphatic rings. The van der Waals surface area contributed by atoms with Crippen molar-refractivity contribution in [3.8, 4) is 0 Å². The predicted octanol–water partition coefficient (Wildman–Crippen LogP) is 1.14. The molecule has 0 atom stereocenters. The molecule has 1 aromatic heterocycles. The van der Waals surface area contributed by atoms with E-state index in [1.807, 2.05) is 6.92 Å². The first kappa shape index (κ1) is 10.1. The fourth-order valence-electron chi connectivity index (χ4n) is 0.554. The SMILES string of the molecule is CCc1nn(C)c(=N)s1.I. The Hall–Kier alpha value is 0.0900. The van der Waals surface area contributed by atoms with Crippen LogP contribution in [0.5, 0.6) is 0 Å². The fourth-order valence-corrected chi connectivity index (χ4v) is 1.26. The molecule has 0 fully saturated rings. The number of nitrogens with one attached hydrogen (secondary N) is 1. The van der Waals surface area contributed by atoms with Gasteiger partial charge in [-0.05, 0) is 6.42 Å². The van der Waals surface area contributed by atoms with Gasteiger partial charge in [-0.3, -0.25) is 5.41 Å². The summed E-state index contributed by atoms with van der Waals surface area (Å²) >= 11 is 1.43. The lowest BCUT2D eigenvalue weighted by atomic mass is 10.5. The third-order valence-electron chi connectivity index (χ3n) is 1.07. The van der Waals surface area contributed by atoms with Crippen LogP contribution in [-0.4, -0.2) is 9.78 Å². The molecule has 0 amide bonds. The highest BCUT2D eigenvalue weighted by Gasteiger charge is 1.94. The van der Waals surface area contributed by atoms with Crippen LogP contribution in [0.3, 0.4) is 0 Å². The maximum atomic E-state index is 7.26. The topological polar surface area (TPSA) is 41.7 Å². The molecule has 1 rings (SSSR count). The Bertz CT molecular complexity index is 252. The third-order valence-corrected chi connectivity index (χ3v) is 2.14. The molecular weight excluding hydrogens is 261 g/mol. The molecule has 0 aliphatic heterocycles. The zero-order valence-electron chi connectivity index (χ0n) is 5.92. The van der Waals surface area contributed by atoms with Gasteiger partial charge in [0.05, 0.1) is 0 Å². The number of rotatable bonds is 1. The van der Waals surface area contributed by atoms with Crippen LogP contribution in [0, 0.1) is 5.41 Å². The first-order valence-electron chi connectivity index (χ1n) is 2.81. The molecule has 58 valence electrons. The quantitative estimate of drug-likeness (QED) is 0.765. The van der Waals surface area contributed by atoms with E-state index in [-0.39, 0.29) is 24.0 Å². The highest BCUT2D eigenvalue weighted by atomic mass is 127. The summed E-state index contributed by atoms with van der Waals surface area (Å²) in [7, 11) is 1.79. The Morgan fingerprint density at radius 2 is 2.30 bits per heavy atom. The minimum atomic E-state index is 0. The van der Waals surface area contributed by atoms with Gasteiger partial charge in [0.15, 0.2) is 4.80 Å². The number of nitrogens with zero attached hydrogens (tertiary/aromatic N) is 2. The molecule has 0 bridgehead atoms. The van der Waals surface area contributed by atoms with Crippen molar-refractivity contribution < 1.29 is 0 Å². The van der Waals surface area contributed by atoms with Crippen molar-refractivity contribution >= 4 is 35.3 Å². The zero-order chi connectivity index (χ0) is 6.85. The monoisotopic (exact) mass is 271 g/mol. The average molecular weight is 271 g/mol. The summed E-state index contributed by atoms with van der Waals surface area (Å²) < 4.78 is 1.59. The molecule has 5 heteroatoms. The van der Waals surface area contributed by atoms with Gasteiger partial charge in [0.25, 0.3) is 0 Å². The van der Waals surface area contributed by atoms with E-state index in [9.17, 15) is 0 Å². The molecule has 0 saturated carbocycles. The summed E-state index contributed by atoms with van der Waals surface area (Å²) in [6.45, 7) is 2.04. The maximum absolute atomic E-state index is 7.26. The van der Waals surface area contributed by atoms with Gasteiger partial charge < -0.3 is 0 Å². The minimum absolute atomic E-state index is 0. The zero-order valence-corrected chi connectivity index (χ0v) is 9.06. The lowest BCUT2D eigenvalue weighted by Gasteiger charge is -1.81. The summed E-state index contributed by atoms with van der Waals surface area (Å²) in [5.74, 6) is 0. The van der Waals surface area contributed by atoms with Gasteiger partial charge in [0, 0.05) is 7.05 Å². The molecular formula is C5H10IN3S. The standard InChI is InChI=1S/C5H9N3S.HI/c1-3-4-7-8(2)5(6)9-4;/h6H,3H2,1-2H3;1H. The second-order valence-electron chi connectivity index (χ2n) is 1.78. The molecule has 10 heavy (non-hydrogen) atoms. The Morgan fingerprint density at radius 1 is 1.70 bits per heavy atom. The molecule has 0 aromatic carbocycles. The number of aromatic nitrogens is 2. The number of aryl methyl sites for hydroxylation is 2. The van der Waals surface area contributed by atoms with Gasteiger partial charge in [0.1, 0.15) is 5.01 Å². The van der Waals surface area contributed by atoms with Gasteiger partial charge in [-0.15, -0.1) is 24.0 Å². The Kier molecular flexibility index (Phi) is 4.11. The van der Waals surface area contributed by atoms with Crippen LogP contribution >= 0.6 is 35.3 Å². The Labute approximate surface area is 80.6 Å². The Morgan fingerprint density at radius 3 is 2.50 bits per heavy atom. The first-order chi connectivity index (χ1) is 4.24. The van der Waals surface area contributed by atoms with E-state index in [1.165, 1.54) is 11.3 Å². The van der Waals surface area contributed by atoms with Crippen LogP contribution in [0.15, 0.2) is 0 Å². The molecule has 1 heterocycles. The van der Waals surface area contributed by atoms with Gasteiger partial charge in [0.2, 0.25) is 0 Å². The van der Waals surface area contributed by atoms with Crippen molar-refractivity contribution in [3.05, 3.63) is 9.81 Å². The van der Waals surface area contributed by atoms with E-state index < -0.39 is 0 Å². The summed E-state index contributed by atoms with van der Waals surface area (Å²) in [4.78, 5) is 0.520. The summed E-state index contributed by atoms with van der Waals surface area (Å²) in [6, 6.07) is 0. The fraction of sp³-hybridized carbons (Fsp3) is 0.600. The van der Waals surface area contributed by atoms with Crippen LogP contribution in [0.2, 0.25) is 0 Å². The van der Waals surface area contributed by atoms with Crippen LogP contribution < -0.4 is 4.80 Å². The normalized spacial score (nSPS) is 9.00. The molecule has 1 aromatic rings. The van der Waals surface area contributed by atoms with E-state index >= 15 is 0 Å². The molecule has 0 aliphatic carbocycles. The van der Waals surface area contributed by atoms with Gasteiger partial charge >= 0.3 is 0 Å². The summed E-state index contributed by atoms with van der Waals surface area (Å²) in [5.41, 5.74) is 0. The van der Waals surface area contributed by atoms with E-state index in [4.69, 9.17) is 5.41 Å². The second-order valence-corrected chi connectivity index (χ2v) is 2.84. The molecule has 0 saturated heterocycles. The van der Waals surface area contributed by atoms with Gasteiger partial charge in [-0.1, -0.05) is 18.3 Å². The third kappa shape index (κ3) is 2.05. The highest BCUT2D eigenvalue weighted by Crippen LogP contribution is 1.96. The first-order valence-corrected chi connectivity index (χ1v) is 3.63. The largest absolute Gasteiger partial charge is 0.274 e. The smallest absolute Gasteiger partial charge is 0.199 e. The van der Waals surface area contributed by atoms with Crippen molar-refractivity contribution in [2.75, 3.05) is 0 Å². The van der Waals surface area contributed by atoms with Gasteiger partial charge in [-0.2, -0.15) is 5.10 Å². The lowest BCUT2D eigenvalue weighted by Crippen LogP contribution is -2.08. The van der Waals surface area contributed by atoms with Crippen molar-refractivity contribution in [1.29, 1.82) is 5.41 Å². The molecule has 3 nitrogen and oxygen atoms in total. The number of halogens is 1. The predicted molar refractivity (Wildman–Crippen MR) is 51.7 cm³/mol. The summed E-state index contributed by atoms with van der Waals surface area (Å²) in [5, 5.41) is 12.4. The average Bonchev–Trinajstić information content (AvgIpc) is 2.13. The molecule has 0 radical (unpaired) electrons. The van der Waals surface area contributed by atoms with Crippen molar-refractivity contribution in [3.63, 3.8) is 0 Å². The molecule has 1 N–H and O–H groups in total. The van der Waals surface area contributed by atoms with E-state index in [1.54, 1.807) is 11.7 Å². The minimum Gasteiger partial charge on any atom is -0.274 e.